The normalized spacial score (nSPS) is 19.2. The summed E-state index contributed by atoms with van der Waals surface area (Å²) in [7, 11) is 0. The van der Waals surface area contributed by atoms with E-state index in [1.165, 1.54) is 0 Å². The molecule has 0 aliphatic carbocycles. The fraction of sp³-hybridized carbons (Fsp3) is 0.417. The van der Waals surface area contributed by atoms with Gasteiger partial charge in [0.1, 0.15) is 5.75 Å². The summed E-state index contributed by atoms with van der Waals surface area (Å²) < 4.78 is 5.55. The number of alkyl halides is 1. The van der Waals surface area contributed by atoms with Crippen LogP contribution in [-0.2, 0) is 4.79 Å². The van der Waals surface area contributed by atoms with E-state index in [-0.39, 0.29) is 12.0 Å². The maximum atomic E-state index is 12.0. The number of halogens is 1. The van der Waals surface area contributed by atoms with Crippen molar-refractivity contribution in [1.82, 2.24) is 0 Å². The van der Waals surface area contributed by atoms with E-state index in [1.807, 2.05) is 29.2 Å². The Kier molecular flexibility index (Phi) is 3.49. The van der Waals surface area contributed by atoms with Crippen molar-refractivity contribution in [2.75, 3.05) is 16.8 Å². The first-order valence-electron chi connectivity index (χ1n) is 5.37. The SMILES string of the molecule is CC1Oc2ccccc2N(CCCBr)C1=O. The molecule has 4 heteroatoms. The van der Waals surface area contributed by atoms with Crippen molar-refractivity contribution in [2.45, 2.75) is 19.4 Å². The number of fused-ring (bicyclic) bond motifs is 1. The number of anilines is 1. The Morgan fingerprint density at radius 1 is 1.44 bits per heavy atom. The molecule has 0 saturated heterocycles. The lowest BCUT2D eigenvalue weighted by Gasteiger charge is -2.32. The van der Waals surface area contributed by atoms with Crippen LogP contribution in [0.15, 0.2) is 24.3 Å². The summed E-state index contributed by atoms with van der Waals surface area (Å²) in [5.74, 6) is 0.837. The van der Waals surface area contributed by atoms with Crippen molar-refractivity contribution in [2.24, 2.45) is 0 Å². The van der Waals surface area contributed by atoms with Gasteiger partial charge in [0, 0.05) is 11.9 Å². The van der Waals surface area contributed by atoms with Gasteiger partial charge in [0.15, 0.2) is 6.10 Å². The third-order valence-corrected chi connectivity index (χ3v) is 3.15. The first-order chi connectivity index (χ1) is 7.74. The first kappa shape index (κ1) is 11.5. The quantitative estimate of drug-likeness (QED) is 0.798. The van der Waals surface area contributed by atoms with Crippen LogP contribution in [-0.4, -0.2) is 23.9 Å². The topological polar surface area (TPSA) is 29.5 Å². The lowest BCUT2D eigenvalue weighted by Crippen LogP contribution is -2.44. The summed E-state index contributed by atoms with van der Waals surface area (Å²) in [5, 5.41) is 0.897. The number of para-hydroxylation sites is 2. The van der Waals surface area contributed by atoms with E-state index in [1.54, 1.807) is 6.92 Å². The second-order valence-corrected chi connectivity index (χ2v) is 4.55. The van der Waals surface area contributed by atoms with E-state index >= 15 is 0 Å². The minimum atomic E-state index is -0.384. The fourth-order valence-electron chi connectivity index (χ4n) is 1.81. The molecule has 0 bridgehead atoms. The van der Waals surface area contributed by atoms with Gasteiger partial charge in [-0.2, -0.15) is 0 Å². The summed E-state index contributed by atoms with van der Waals surface area (Å²) in [6.45, 7) is 2.52. The third-order valence-electron chi connectivity index (χ3n) is 2.59. The number of benzene rings is 1. The highest BCUT2D eigenvalue weighted by molar-refractivity contribution is 9.09. The smallest absolute Gasteiger partial charge is 0.267 e. The number of hydrogen-bond donors (Lipinski definition) is 0. The van der Waals surface area contributed by atoms with Crippen LogP contribution in [0.25, 0.3) is 0 Å². The summed E-state index contributed by atoms with van der Waals surface area (Å²) in [4.78, 5) is 13.8. The van der Waals surface area contributed by atoms with Crippen molar-refractivity contribution in [3.8, 4) is 5.75 Å². The van der Waals surface area contributed by atoms with Crippen LogP contribution in [0.4, 0.5) is 5.69 Å². The van der Waals surface area contributed by atoms with Crippen molar-refractivity contribution < 1.29 is 9.53 Å². The van der Waals surface area contributed by atoms with Crippen LogP contribution in [0, 0.1) is 0 Å². The zero-order chi connectivity index (χ0) is 11.5. The minimum Gasteiger partial charge on any atom is -0.479 e. The Hall–Kier alpha value is -1.03. The van der Waals surface area contributed by atoms with Crippen molar-refractivity contribution in [1.29, 1.82) is 0 Å². The molecule has 1 amide bonds. The Morgan fingerprint density at radius 3 is 2.94 bits per heavy atom. The molecule has 1 aliphatic heterocycles. The van der Waals surface area contributed by atoms with Gasteiger partial charge in [-0.15, -0.1) is 0 Å². The highest BCUT2D eigenvalue weighted by Crippen LogP contribution is 2.33. The maximum absolute atomic E-state index is 12.0. The average Bonchev–Trinajstić information content (AvgIpc) is 2.30. The van der Waals surface area contributed by atoms with Crippen LogP contribution in [0.2, 0.25) is 0 Å². The number of carbonyl (C=O) groups is 1. The molecule has 2 rings (SSSR count). The summed E-state index contributed by atoms with van der Waals surface area (Å²) in [5.41, 5.74) is 0.881. The minimum absolute atomic E-state index is 0.0413. The van der Waals surface area contributed by atoms with Gasteiger partial charge >= 0.3 is 0 Å². The van der Waals surface area contributed by atoms with Gasteiger partial charge in [-0.3, -0.25) is 4.79 Å². The van der Waals surface area contributed by atoms with Gasteiger partial charge in [-0.05, 0) is 25.5 Å². The fourth-order valence-corrected chi connectivity index (χ4v) is 2.06. The van der Waals surface area contributed by atoms with Gasteiger partial charge in [0.25, 0.3) is 5.91 Å². The first-order valence-corrected chi connectivity index (χ1v) is 6.49. The highest BCUT2D eigenvalue weighted by atomic mass is 79.9. The van der Waals surface area contributed by atoms with E-state index in [4.69, 9.17) is 4.74 Å². The van der Waals surface area contributed by atoms with E-state index < -0.39 is 0 Å². The molecule has 0 saturated carbocycles. The van der Waals surface area contributed by atoms with Gasteiger partial charge in [-0.1, -0.05) is 28.1 Å². The molecule has 86 valence electrons. The van der Waals surface area contributed by atoms with Gasteiger partial charge in [-0.25, -0.2) is 0 Å². The van der Waals surface area contributed by atoms with Crippen LogP contribution < -0.4 is 9.64 Å². The molecule has 1 heterocycles. The molecule has 0 N–H and O–H groups in total. The Bertz CT molecular complexity index is 394. The zero-order valence-corrected chi connectivity index (χ0v) is 10.7. The predicted octanol–water partition coefficient (Wildman–Crippen LogP) is 2.59. The number of carbonyl (C=O) groups excluding carboxylic acids is 1. The molecule has 1 atom stereocenters. The molecule has 0 aromatic heterocycles. The van der Waals surface area contributed by atoms with Crippen molar-refractivity contribution in [3.63, 3.8) is 0 Å². The van der Waals surface area contributed by atoms with Crippen LogP contribution in [0.3, 0.4) is 0 Å². The molecule has 1 aromatic rings. The molecular weight excluding hydrogens is 270 g/mol. The third kappa shape index (κ3) is 2.07. The summed E-state index contributed by atoms with van der Waals surface area (Å²) in [6, 6.07) is 7.67. The summed E-state index contributed by atoms with van der Waals surface area (Å²) >= 11 is 3.38. The Labute approximate surface area is 104 Å². The number of ether oxygens (including phenoxy) is 1. The molecule has 0 spiro atoms. The lowest BCUT2D eigenvalue weighted by molar-refractivity contribution is -0.125. The molecule has 0 fully saturated rings. The summed E-state index contributed by atoms with van der Waals surface area (Å²) in [6.07, 6.45) is 0.553. The van der Waals surface area contributed by atoms with Crippen LogP contribution >= 0.6 is 15.9 Å². The van der Waals surface area contributed by atoms with Crippen LogP contribution in [0.1, 0.15) is 13.3 Å². The second kappa shape index (κ2) is 4.87. The monoisotopic (exact) mass is 283 g/mol. The standard InChI is InChI=1S/C12H14BrNO2/c1-9-12(15)14(8-4-7-13)10-5-2-3-6-11(10)16-9/h2-3,5-6,9H,4,7-8H2,1H3. The number of rotatable bonds is 3. The van der Waals surface area contributed by atoms with E-state index in [9.17, 15) is 4.79 Å². The van der Waals surface area contributed by atoms with E-state index in [0.29, 0.717) is 0 Å². The highest BCUT2D eigenvalue weighted by Gasteiger charge is 2.30. The average molecular weight is 284 g/mol. The van der Waals surface area contributed by atoms with Gasteiger partial charge in [0.2, 0.25) is 0 Å². The molecule has 0 radical (unpaired) electrons. The molecule has 16 heavy (non-hydrogen) atoms. The van der Waals surface area contributed by atoms with Crippen molar-refractivity contribution in [3.05, 3.63) is 24.3 Å². The second-order valence-electron chi connectivity index (χ2n) is 3.76. The van der Waals surface area contributed by atoms with E-state index in [2.05, 4.69) is 15.9 Å². The molecule has 1 unspecified atom stereocenters. The molecular formula is C12H14BrNO2. The lowest BCUT2D eigenvalue weighted by atomic mass is 10.2. The van der Waals surface area contributed by atoms with Gasteiger partial charge < -0.3 is 9.64 Å². The molecule has 1 aliphatic rings. The van der Waals surface area contributed by atoms with E-state index in [0.717, 1.165) is 29.7 Å². The number of hydrogen-bond acceptors (Lipinski definition) is 2. The largest absolute Gasteiger partial charge is 0.479 e. The Morgan fingerprint density at radius 2 is 2.19 bits per heavy atom. The van der Waals surface area contributed by atoms with Crippen LogP contribution in [0.5, 0.6) is 5.75 Å². The Balaban J connectivity index is 2.30. The predicted molar refractivity (Wildman–Crippen MR) is 67.3 cm³/mol. The molecule has 1 aromatic carbocycles. The number of nitrogens with zero attached hydrogens (tertiary/aromatic N) is 1. The maximum Gasteiger partial charge on any atom is 0.267 e. The number of amides is 1. The van der Waals surface area contributed by atoms with Crippen molar-refractivity contribution >= 4 is 27.5 Å². The van der Waals surface area contributed by atoms with Gasteiger partial charge in [0.05, 0.1) is 5.69 Å². The molecule has 3 nitrogen and oxygen atoms in total. The zero-order valence-electron chi connectivity index (χ0n) is 9.15.